The predicted molar refractivity (Wildman–Crippen MR) is 143 cm³/mol. The van der Waals surface area contributed by atoms with Crippen LogP contribution in [0, 0.1) is 6.92 Å². The van der Waals surface area contributed by atoms with E-state index >= 15 is 0 Å². The smallest absolute Gasteiger partial charge is 0.276 e. The Balaban J connectivity index is 2.14. The highest BCUT2D eigenvalue weighted by Gasteiger charge is 2.19. The van der Waals surface area contributed by atoms with E-state index in [1.165, 1.54) is 5.69 Å². The molecule has 7 heteroatoms. The molecule has 0 aliphatic heterocycles. The van der Waals surface area contributed by atoms with Crippen LogP contribution in [0.3, 0.4) is 0 Å². The maximum absolute atomic E-state index is 13.3. The van der Waals surface area contributed by atoms with Gasteiger partial charge in [-0.3, -0.25) is 9.89 Å². The average Bonchev–Trinajstić information content (AvgIpc) is 3.17. The van der Waals surface area contributed by atoms with Crippen LogP contribution in [0.15, 0.2) is 29.1 Å². The molecule has 0 unspecified atom stereocenters. The van der Waals surface area contributed by atoms with Gasteiger partial charge in [-0.05, 0) is 63.5 Å². The van der Waals surface area contributed by atoms with Crippen molar-refractivity contribution in [3.8, 4) is 0 Å². The third kappa shape index (κ3) is 5.36. The number of H-pyrrole nitrogens is 1. The van der Waals surface area contributed by atoms with Gasteiger partial charge in [-0.1, -0.05) is 26.3 Å². The third-order valence-corrected chi connectivity index (χ3v) is 6.22. The van der Waals surface area contributed by atoms with Crippen molar-refractivity contribution >= 4 is 28.8 Å². The fraction of sp³-hybridized carbons (Fsp3) is 0.481. The first kappa shape index (κ1) is 25.6. The van der Waals surface area contributed by atoms with Crippen molar-refractivity contribution < 1.29 is 4.74 Å². The lowest BCUT2D eigenvalue weighted by molar-refractivity contribution is 0.201. The van der Waals surface area contributed by atoms with E-state index in [4.69, 9.17) is 9.72 Å². The standard InChI is InChI=1S/C27H39N5O2/c1-7-11-12-13-24-25(28-22-15-14-20(18-19(22)5)31(9-3)10-4)26-29-23(16-17-34-6)21(8-2)27(33)32(26)30-24/h12-15,18,28,30H,7-11,16-17H2,1-6H3. The van der Waals surface area contributed by atoms with E-state index in [1.807, 2.05) is 13.0 Å². The summed E-state index contributed by atoms with van der Waals surface area (Å²) in [6.07, 6.45) is 7.43. The number of nitrogens with one attached hydrogen (secondary N) is 2. The second-order valence-corrected chi connectivity index (χ2v) is 8.49. The lowest BCUT2D eigenvalue weighted by Crippen LogP contribution is -2.23. The van der Waals surface area contributed by atoms with Crippen molar-refractivity contribution in [2.75, 3.05) is 37.0 Å². The van der Waals surface area contributed by atoms with Crippen LogP contribution < -0.4 is 15.8 Å². The quantitative estimate of drug-likeness (QED) is 0.370. The molecular formula is C27H39N5O2. The first-order chi connectivity index (χ1) is 16.5. The van der Waals surface area contributed by atoms with E-state index in [1.54, 1.807) is 11.6 Å². The van der Waals surface area contributed by atoms with Crippen molar-refractivity contribution in [1.82, 2.24) is 14.6 Å². The highest BCUT2D eigenvalue weighted by molar-refractivity contribution is 5.83. The van der Waals surface area contributed by atoms with E-state index < -0.39 is 0 Å². The molecule has 0 radical (unpaired) electrons. The summed E-state index contributed by atoms with van der Waals surface area (Å²) in [5, 5.41) is 6.88. The summed E-state index contributed by atoms with van der Waals surface area (Å²) in [6, 6.07) is 6.45. The lowest BCUT2D eigenvalue weighted by Gasteiger charge is -2.22. The molecule has 0 spiro atoms. The van der Waals surface area contributed by atoms with Gasteiger partial charge in [-0.2, -0.15) is 4.52 Å². The zero-order valence-electron chi connectivity index (χ0n) is 21.5. The van der Waals surface area contributed by atoms with Gasteiger partial charge in [0.05, 0.1) is 18.0 Å². The largest absolute Gasteiger partial charge is 0.384 e. The lowest BCUT2D eigenvalue weighted by atomic mass is 10.1. The van der Waals surface area contributed by atoms with Gasteiger partial charge in [0, 0.05) is 43.6 Å². The minimum atomic E-state index is -0.0506. The van der Waals surface area contributed by atoms with Gasteiger partial charge < -0.3 is 15.0 Å². The van der Waals surface area contributed by atoms with Crippen LogP contribution in [0.2, 0.25) is 0 Å². The molecule has 2 N–H and O–H groups in total. The van der Waals surface area contributed by atoms with Crippen LogP contribution in [-0.4, -0.2) is 41.4 Å². The Bertz CT molecular complexity index is 1190. The molecule has 0 fully saturated rings. The summed E-state index contributed by atoms with van der Waals surface area (Å²) in [5.74, 6) is 0. The van der Waals surface area contributed by atoms with Crippen molar-refractivity contribution in [3.63, 3.8) is 0 Å². The monoisotopic (exact) mass is 465 g/mol. The van der Waals surface area contributed by atoms with Crippen molar-refractivity contribution in [2.45, 2.75) is 60.3 Å². The van der Waals surface area contributed by atoms with Gasteiger partial charge in [0.1, 0.15) is 5.69 Å². The molecular weight excluding hydrogens is 426 g/mol. The SMILES string of the molecule is CCCC=Cc1[nH]n2c(=O)c(CC)c(CCOC)nc2c1Nc1ccc(N(CC)CC)cc1C. The normalized spacial score (nSPS) is 11.6. The number of hydrogen-bond acceptors (Lipinski definition) is 5. The summed E-state index contributed by atoms with van der Waals surface area (Å²) < 4.78 is 6.84. The number of methoxy groups -OCH3 is 1. The minimum Gasteiger partial charge on any atom is -0.384 e. The molecule has 2 heterocycles. The minimum absolute atomic E-state index is 0.0506. The van der Waals surface area contributed by atoms with E-state index in [9.17, 15) is 4.79 Å². The maximum Gasteiger partial charge on any atom is 0.276 e. The van der Waals surface area contributed by atoms with Crippen LogP contribution in [0.4, 0.5) is 17.1 Å². The van der Waals surface area contributed by atoms with E-state index in [-0.39, 0.29) is 5.56 Å². The molecule has 2 aromatic heterocycles. The van der Waals surface area contributed by atoms with Crippen LogP contribution in [-0.2, 0) is 17.6 Å². The Kier molecular flexibility index (Phi) is 8.93. The molecule has 34 heavy (non-hydrogen) atoms. The van der Waals surface area contributed by atoms with Crippen LogP contribution >= 0.6 is 0 Å². The number of anilines is 3. The van der Waals surface area contributed by atoms with E-state index in [0.717, 1.165) is 59.8 Å². The van der Waals surface area contributed by atoms with E-state index in [2.05, 4.69) is 67.3 Å². The molecule has 0 aliphatic rings. The fourth-order valence-electron chi connectivity index (χ4n) is 4.25. The molecule has 0 saturated heterocycles. The Morgan fingerprint density at radius 3 is 2.59 bits per heavy atom. The number of aromatic amines is 1. The number of unbranched alkanes of at least 4 members (excludes halogenated alkanes) is 1. The molecule has 0 aliphatic carbocycles. The highest BCUT2D eigenvalue weighted by atomic mass is 16.5. The molecule has 184 valence electrons. The average molecular weight is 466 g/mol. The van der Waals surface area contributed by atoms with Crippen molar-refractivity contribution in [2.24, 2.45) is 0 Å². The third-order valence-electron chi connectivity index (χ3n) is 6.22. The molecule has 0 atom stereocenters. The van der Waals surface area contributed by atoms with Crippen LogP contribution in [0.25, 0.3) is 11.7 Å². The van der Waals surface area contributed by atoms with Gasteiger partial charge in [0.25, 0.3) is 5.56 Å². The number of benzene rings is 1. The van der Waals surface area contributed by atoms with Gasteiger partial charge in [-0.15, -0.1) is 0 Å². The van der Waals surface area contributed by atoms with E-state index in [0.29, 0.717) is 25.1 Å². The Morgan fingerprint density at radius 1 is 1.21 bits per heavy atom. The van der Waals surface area contributed by atoms with Gasteiger partial charge >= 0.3 is 0 Å². The van der Waals surface area contributed by atoms with Gasteiger partial charge in [-0.25, -0.2) is 4.98 Å². The predicted octanol–water partition coefficient (Wildman–Crippen LogP) is 5.49. The topological polar surface area (TPSA) is 74.7 Å². The van der Waals surface area contributed by atoms with Gasteiger partial charge in [0.15, 0.2) is 5.65 Å². The Hall–Kier alpha value is -3.06. The van der Waals surface area contributed by atoms with Crippen LogP contribution in [0.1, 0.15) is 63.1 Å². The maximum atomic E-state index is 13.3. The van der Waals surface area contributed by atoms with Crippen molar-refractivity contribution in [3.05, 3.63) is 57.1 Å². The summed E-state index contributed by atoms with van der Waals surface area (Å²) in [4.78, 5) is 20.6. The summed E-state index contributed by atoms with van der Waals surface area (Å²) >= 11 is 0. The Morgan fingerprint density at radius 2 is 1.97 bits per heavy atom. The number of rotatable bonds is 12. The number of aryl methyl sites for hydroxylation is 1. The number of nitrogens with zero attached hydrogens (tertiary/aromatic N) is 3. The second-order valence-electron chi connectivity index (χ2n) is 8.49. The zero-order valence-corrected chi connectivity index (χ0v) is 21.5. The number of hydrogen-bond donors (Lipinski definition) is 2. The molecule has 1 aromatic carbocycles. The molecule has 0 amide bonds. The number of ether oxygens (including phenoxy) is 1. The molecule has 3 rings (SSSR count). The number of allylic oxidation sites excluding steroid dienone is 1. The first-order valence-electron chi connectivity index (χ1n) is 12.4. The van der Waals surface area contributed by atoms with Crippen molar-refractivity contribution in [1.29, 1.82) is 0 Å². The molecule has 3 aromatic rings. The summed E-state index contributed by atoms with van der Waals surface area (Å²) in [6.45, 7) is 13.0. The fourth-order valence-corrected chi connectivity index (χ4v) is 4.25. The summed E-state index contributed by atoms with van der Waals surface area (Å²) in [5.41, 5.74) is 7.08. The van der Waals surface area contributed by atoms with Gasteiger partial charge in [0.2, 0.25) is 0 Å². The first-order valence-corrected chi connectivity index (χ1v) is 12.4. The molecule has 0 bridgehead atoms. The summed E-state index contributed by atoms with van der Waals surface area (Å²) in [7, 11) is 1.67. The molecule has 7 nitrogen and oxygen atoms in total. The number of fused-ring (bicyclic) bond motifs is 1. The molecule has 0 saturated carbocycles. The second kappa shape index (κ2) is 11.9. The zero-order chi connectivity index (χ0) is 24.7. The van der Waals surface area contributed by atoms with Crippen LogP contribution in [0.5, 0.6) is 0 Å². The number of aromatic nitrogens is 3. The highest BCUT2D eigenvalue weighted by Crippen LogP contribution is 2.30. The Labute approximate surface area is 202 Å².